The maximum Gasteiger partial charge on any atom is 0.180 e. The molecule has 2 unspecified atom stereocenters. The van der Waals surface area contributed by atoms with E-state index in [0.29, 0.717) is 11.0 Å². The number of hydrogen-bond acceptors (Lipinski definition) is 4. The Balaban J connectivity index is 2.30. The molecule has 2 atom stereocenters. The lowest BCUT2D eigenvalue weighted by Gasteiger charge is -2.42. The molecule has 0 amide bonds. The van der Waals surface area contributed by atoms with Gasteiger partial charge in [-0.3, -0.25) is 0 Å². The van der Waals surface area contributed by atoms with Gasteiger partial charge in [-0.25, -0.2) is 4.98 Å². The Kier molecular flexibility index (Phi) is 1.63. The smallest absolute Gasteiger partial charge is 0.180 e. The van der Waals surface area contributed by atoms with Gasteiger partial charge < -0.3 is 10.8 Å². The summed E-state index contributed by atoms with van der Waals surface area (Å²) in [5.74, 6) is 0.345. The van der Waals surface area contributed by atoms with E-state index >= 15 is 0 Å². The zero-order chi connectivity index (χ0) is 8.77. The van der Waals surface area contributed by atoms with Crippen molar-refractivity contribution < 1.29 is 5.11 Å². The molecule has 0 spiro atoms. The maximum absolute atomic E-state index is 10.1. The van der Waals surface area contributed by atoms with Gasteiger partial charge in [-0.2, -0.15) is 0 Å². The van der Waals surface area contributed by atoms with Crippen LogP contribution >= 0.6 is 11.3 Å². The van der Waals surface area contributed by atoms with Crippen molar-refractivity contribution in [2.45, 2.75) is 25.4 Å². The van der Waals surface area contributed by atoms with Gasteiger partial charge in [0.1, 0.15) is 5.60 Å². The van der Waals surface area contributed by atoms with E-state index in [2.05, 4.69) is 11.9 Å². The van der Waals surface area contributed by atoms with Crippen molar-refractivity contribution in [2.24, 2.45) is 5.92 Å². The topological polar surface area (TPSA) is 59.1 Å². The summed E-state index contributed by atoms with van der Waals surface area (Å²) in [5, 5.41) is 10.6. The second-order valence-corrected chi connectivity index (χ2v) is 4.49. The van der Waals surface area contributed by atoms with Crippen LogP contribution in [0, 0.1) is 5.92 Å². The number of aliphatic hydroxyl groups is 1. The van der Waals surface area contributed by atoms with Crippen molar-refractivity contribution in [3.8, 4) is 0 Å². The molecule has 0 aliphatic heterocycles. The highest BCUT2D eigenvalue weighted by atomic mass is 32.1. The van der Waals surface area contributed by atoms with E-state index in [1.54, 1.807) is 6.20 Å². The zero-order valence-corrected chi connectivity index (χ0v) is 7.77. The number of nitrogens with two attached hydrogens (primary N) is 1. The molecule has 1 aromatic rings. The fourth-order valence-electron chi connectivity index (χ4n) is 1.56. The average molecular weight is 184 g/mol. The van der Waals surface area contributed by atoms with Gasteiger partial charge in [0.15, 0.2) is 5.13 Å². The lowest BCUT2D eigenvalue weighted by atomic mass is 9.70. The van der Waals surface area contributed by atoms with Crippen molar-refractivity contribution in [3.63, 3.8) is 0 Å². The third-order valence-corrected chi connectivity index (χ3v) is 3.72. The lowest BCUT2D eigenvalue weighted by Crippen LogP contribution is -2.41. The van der Waals surface area contributed by atoms with Gasteiger partial charge in [0.25, 0.3) is 0 Å². The van der Waals surface area contributed by atoms with E-state index in [1.807, 2.05) is 0 Å². The summed E-state index contributed by atoms with van der Waals surface area (Å²) in [5.41, 5.74) is 4.87. The van der Waals surface area contributed by atoms with E-state index in [0.717, 1.165) is 17.7 Å². The Bertz CT molecular complexity index is 299. The SMILES string of the molecule is CC1CCC1(O)c1cnc(N)s1. The van der Waals surface area contributed by atoms with Crippen molar-refractivity contribution in [1.29, 1.82) is 0 Å². The molecule has 1 saturated carbocycles. The molecule has 3 nitrogen and oxygen atoms in total. The molecule has 2 rings (SSSR count). The first kappa shape index (κ1) is 8.01. The second-order valence-electron chi connectivity index (χ2n) is 3.43. The molecule has 12 heavy (non-hydrogen) atoms. The van der Waals surface area contributed by atoms with Crippen LogP contribution in [0.3, 0.4) is 0 Å². The lowest BCUT2D eigenvalue weighted by molar-refractivity contribution is -0.0901. The summed E-state index contributed by atoms with van der Waals surface area (Å²) in [6, 6.07) is 0. The Morgan fingerprint density at radius 3 is 2.92 bits per heavy atom. The third-order valence-electron chi connectivity index (χ3n) is 2.72. The minimum Gasteiger partial charge on any atom is -0.384 e. The number of hydrogen-bond donors (Lipinski definition) is 2. The minimum absolute atomic E-state index is 0.345. The van der Waals surface area contributed by atoms with Crippen molar-refractivity contribution in [3.05, 3.63) is 11.1 Å². The average Bonchev–Trinajstić information content (AvgIpc) is 2.47. The van der Waals surface area contributed by atoms with Crippen LogP contribution < -0.4 is 5.73 Å². The van der Waals surface area contributed by atoms with E-state index in [9.17, 15) is 5.11 Å². The standard InChI is InChI=1S/C8H12N2OS/c1-5-2-3-8(5,11)6-4-10-7(9)12-6/h4-5,11H,2-3H2,1H3,(H2,9,10). The van der Waals surface area contributed by atoms with Crippen molar-refractivity contribution >= 4 is 16.5 Å². The second kappa shape index (κ2) is 2.44. The molecule has 3 N–H and O–H groups in total. The highest BCUT2D eigenvalue weighted by Crippen LogP contribution is 2.48. The van der Waals surface area contributed by atoms with Gasteiger partial charge in [0.05, 0.1) is 4.88 Å². The number of nitrogen functional groups attached to an aromatic ring is 1. The Morgan fingerprint density at radius 1 is 1.83 bits per heavy atom. The van der Waals surface area contributed by atoms with Crippen LogP contribution in [0.4, 0.5) is 5.13 Å². The van der Waals surface area contributed by atoms with Crippen LogP contribution in [0.2, 0.25) is 0 Å². The number of anilines is 1. The third kappa shape index (κ3) is 0.949. The number of thiazole rings is 1. The summed E-state index contributed by atoms with van der Waals surface area (Å²) in [7, 11) is 0. The number of rotatable bonds is 1. The normalized spacial score (nSPS) is 34.7. The molecule has 0 bridgehead atoms. The Morgan fingerprint density at radius 2 is 2.58 bits per heavy atom. The zero-order valence-electron chi connectivity index (χ0n) is 6.95. The molecule has 1 fully saturated rings. The Labute approximate surface area is 75.2 Å². The fraction of sp³-hybridized carbons (Fsp3) is 0.625. The fourth-order valence-corrected chi connectivity index (χ4v) is 2.48. The molecule has 66 valence electrons. The molecule has 1 aliphatic carbocycles. The summed E-state index contributed by atoms with van der Waals surface area (Å²) in [6.45, 7) is 2.05. The first-order valence-electron chi connectivity index (χ1n) is 4.07. The molecule has 1 aliphatic rings. The van der Waals surface area contributed by atoms with Crippen LogP contribution in [0.5, 0.6) is 0 Å². The van der Waals surface area contributed by atoms with Gasteiger partial charge in [-0.15, -0.1) is 0 Å². The first-order valence-corrected chi connectivity index (χ1v) is 4.89. The predicted molar refractivity (Wildman–Crippen MR) is 48.8 cm³/mol. The Hall–Kier alpha value is -0.610. The minimum atomic E-state index is -0.630. The van der Waals surface area contributed by atoms with E-state index < -0.39 is 5.60 Å². The molecular formula is C8H12N2OS. The van der Waals surface area contributed by atoms with Gasteiger partial charge >= 0.3 is 0 Å². The number of aromatic nitrogens is 1. The van der Waals surface area contributed by atoms with Crippen molar-refractivity contribution in [2.75, 3.05) is 5.73 Å². The molecule has 0 radical (unpaired) electrons. The molecule has 4 heteroatoms. The quantitative estimate of drug-likeness (QED) is 0.692. The van der Waals surface area contributed by atoms with Gasteiger partial charge in [0, 0.05) is 6.20 Å². The van der Waals surface area contributed by atoms with Gasteiger partial charge in [-0.05, 0) is 18.8 Å². The highest BCUT2D eigenvalue weighted by Gasteiger charge is 2.44. The first-order chi connectivity index (χ1) is 5.63. The summed E-state index contributed by atoms with van der Waals surface area (Å²) >= 11 is 1.39. The maximum atomic E-state index is 10.1. The number of nitrogens with zero attached hydrogens (tertiary/aromatic N) is 1. The largest absolute Gasteiger partial charge is 0.384 e. The monoisotopic (exact) mass is 184 g/mol. The van der Waals surface area contributed by atoms with Gasteiger partial charge in [0.2, 0.25) is 0 Å². The molecule has 1 heterocycles. The molecule has 0 saturated heterocycles. The van der Waals surface area contributed by atoms with Crippen molar-refractivity contribution in [1.82, 2.24) is 4.98 Å². The van der Waals surface area contributed by atoms with Crippen LogP contribution in [0.1, 0.15) is 24.6 Å². The summed E-state index contributed by atoms with van der Waals surface area (Å²) in [6.07, 6.45) is 3.62. The molecular weight excluding hydrogens is 172 g/mol. The molecule has 0 aromatic carbocycles. The summed E-state index contributed by atoms with van der Waals surface area (Å²) < 4.78 is 0. The van der Waals surface area contributed by atoms with Gasteiger partial charge in [-0.1, -0.05) is 18.3 Å². The van der Waals surface area contributed by atoms with Crippen LogP contribution in [-0.2, 0) is 5.60 Å². The summed E-state index contributed by atoms with van der Waals surface area (Å²) in [4.78, 5) is 4.85. The predicted octanol–water partition coefficient (Wildman–Crippen LogP) is 1.34. The highest BCUT2D eigenvalue weighted by molar-refractivity contribution is 7.15. The van der Waals surface area contributed by atoms with Crippen LogP contribution in [0.25, 0.3) is 0 Å². The van der Waals surface area contributed by atoms with E-state index in [4.69, 9.17) is 5.73 Å². The molecule has 1 aromatic heterocycles. The van der Waals surface area contributed by atoms with Crippen LogP contribution in [0.15, 0.2) is 6.20 Å². The van der Waals surface area contributed by atoms with Crippen LogP contribution in [-0.4, -0.2) is 10.1 Å². The van der Waals surface area contributed by atoms with E-state index in [1.165, 1.54) is 11.3 Å². The van der Waals surface area contributed by atoms with E-state index in [-0.39, 0.29) is 0 Å².